The highest BCUT2D eigenvalue weighted by Crippen LogP contribution is 2.13. The summed E-state index contributed by atoms with van der Waals surface area (Å²) < 4.78 is 9.74. The third-order valence-electron chi connectivity index (χ3n) is 2.05. The summed E-state index contributed by atoms with van der Waals surface area (Å²) in [5, 5.41) is 1.30. The molecule has 0 aromatic heterocycles. The molecule has 0 spiro atoms. The van der Waals surface area contributed by atoms with E-state index in [0.717, 1.165) is 0 Å². The van der Waals surface area contributed by atoms with E-state index in [0.29, 0.717) is 13.0 Å². The number of hydrazine groups is 1. The van der Waals surface area contributed by atoms with Crippen molar-refractivity contribution in [1.29, 1.82) is 0 Å². The molecule has 1 aliphatic heterocycles. The zero-order chi connectivity index (χ0) is 12.3. The Labute approximate surface area is 94.8 Å². The maximum absolute atomic E-state index is 11.6. The lowest BCUT2D eigenvalue weighted by atomic mass is 10.2. The molecule has 1 amide bonds. The number of carbonyl (C=O) groups is 2. The molecule has 1 aliphatic rings. The van der Waals surface area contributed by atoms with Gasteiger partial charge in [0.25, 0.3) is 0 Å². The average molecular weight is 230 g/mol. The van der Waals surface area contributed by atoms with Gasteiger partial charge in [-0.1, -0.05) is 0 Å². The molecule has 1 saturated heterocycles. The molecule has 1 rings (SSSR count). The van der Waals surface area contributed by atoms with Crippen molar-refractivity contribution in [2.45, 2.75) is 38.8 Å². The Morgan fingerprint density at radius 2 is 2.00 bits per heavy atom. The minimum Gasteiger partial charge on any atom is -0.468 e. The van der Waals surface area contributed by atoms with Gasteiger partial charge < -0.3 is 9.47 Å². The van der Waals surface area contributed by atoms with Crippen molar-refractivity contribution >= 4 is 12.1 Å². The number of amides is 1. The first-order valence-electron chi connectivity index (χ1n) is 5.18. The highest BCUT2D eigenvalue weighted by Gasteiger charge is 2.33. The minimum absolute atomic E-state index is 0.369. The summed E-state index contributed by atoms with van der Waals surface area (Å²) in [4.78, 5) is 22.8. The van der Waals surface area contributed by atoms with Gasteiger partial charge >= 0.3 is 12.1 Å². The molecule has 1 unspecified atom stereocenters. The Kier molecular flexibility index (Phi) is 3.74. The molecule has 0 aromatic rings. The van der Waals surface area contributed by atoms with Crippen LogP contribution in [-0.2, 0) is 14.3 Å². The van der Waals surface area contributed by atoms with E-state index in [-0.39, 0.29) is 5.97 Å². The van der Waals surface area contributed by atoms with E-state index < -0.39 is 17.7 Å². The lowest BCUT2D eigenvalue weighted by Gasteiger charge is -2.24. The molecule has 0 bridgehead atoms. The van der Waals surface area contributed by atoms with Crippen molar-refractivity contribution in [2.24, 2.45) is 0 Å². The number of nitrogens with one attached hydrogen (secondary N) is 1. The quantitative estimate of drug-likeness (QED) is 0.671. The molecular weight excluding hydrogens is 212 g/mol. The molecule has 0 saturated carbocycles. The zero-order valence-corrected chi connectivity index (χ0v) is 10.1. The van der Waals surface area contributed by atoms with Crippen LogP contribution in [0.5, 0.6) is 0 Å². The van der Waals surface area contributed by atoms with Gasteiger partial charge in [0.1, 0.15) is 11.6 Å². The fourth-order valence-electron chi connectivity index (χ4n) is 1.35. The van der Waals surface area contributed by atoms with Crippen LogP contribution < -0.4 is 5.43 Å². The Balaban J connectivity index is 2.47. The molecule has 1 heterocycles. The van der Waals surface area contributed by atoms with Gasteiger partial charge in [-0.25, -0.2) is 15.2 Å². The highest BCUT2D eigenvalue weighted by atomic mass is 16.6. The number of hydrogen-bond donors (Lipinski definition) is 1. The largest absolute Gasteiger partial charge is 0.468 e. The van der Waals surface area contributed by atoms with Crippen LogP contribution in [0.1, 0.15) is 27.2 Å². The van der Waals surface area contributed by atoms with Crippen LogP contribution in [-0.4, -0.2) is 42.4 Å². The lowest BCUT2D eigenvalue weighted by molar-refractivity contribution is -0.143. The Morgan fingerprint density at radius 1 is 1.38 bits per heavy atom. The zero-order valence-electron chi connectivity index (χ0n) is 10.1. The van der Waals surface area contributed by atoms with Crippen molar-refractivity contribution < 1.29 is 19.1 Å². The number of esters is 1. The number of methoxy groups -OCH3 is 1. The van der Waals surface area contributed by atoms with Crippen LogP contribution in [0.3, 0.4) is 0 Å². The predicted octanol–water partition coefficient (Wildman–Crippen LogP) is 0.673. The monoisotopic (exact) mass is 230 g/mol. The van der Waals surface area contributed by atoms with Crippen LogP contribution in [0, 0.1) is 0 Å². The Hall–Kier alpha value is -1.30. The summed E-state index contributed by atoms with van der Waals surface area (Å²) >= 11 is 0. The summed E-state index contributed by atoms with van der Waals surface area (Å²) in [6.45, 7) is 5.81. The standard InChI is InChI=1S/C10H18N2O4/c1-10(2,3)16-9(14)12-6-5-7(11-12)8(13)15-4/h7,11H,5-6H2,1-4H3. The first-order chi connectivity index (χ1) is 7.33. The summed E-state index contributed by atoms with van der Waals surface area (Å²) in [6.07, 6.45) is 0.0604. The smallest absolute Gasteiger partial charge is 0.424 e. The molecule has 92 valence electrons. The number of carbonyl (C=O) groups excluding carboxylic acids is 2. The topological polar surface area (TPSA) is 67.9 Å². The third kappa shape index (κ3) is 3.37. The van der Waals surface area contributed by atoms with E-state index in [2.05, 4.69) is 10.2 Å². The SMILES string of the molecule is COC(=O)C1CCN(C(=O)OC(C)(C)C)N1. The molecule has 1 N–H and O–H groups in total. The van der Waals surface area contributed by atoms with E-state index in [1.807, 2.05) is 0 Å². The number of rotatable bonds is 1. The van der Waals surface area contributed by atoms with Crippen molar-refractivity contribution in [1.82, 2.24) is 10.4 Å². The van der Waals surface area contributed by atoms with Crippen LogP contribution in [0.25, 0.3) is 0 Å². The normalized spacial score (nSPS) is 20.8. The van der Waals surface area contributed by atoms with Gasteiger partial charge in [0.15, 0.2) is 0 Å². The molecule has 6 heteroatoms. The second kappa shape index (κ2) is 4.69. The molecule has 0 aromatic carbocycles. The van der Waals surface area contributed by atoms with Gasteiger partial charge in [0.05, 0.1) is 7.11 Å². The van der Waals surface area contributed by atoms with Crippen LogP contribution in [0.15, 0.2) is 0 Å². The first-order valence-corrected chi connectivity index (χ1v) is 5.18. The molecule has 0 aliphatic carbocycles. The highest BCUT2D eigenvalue weighted by molar-refractivity contribution is 5.77. The second-order valence-electron chi connectivity index (χ2n) is 4.63. The minimum atomic E-state index is -0.540. The van der Waals surface area contributed by atoms with Crippen LogP contribution in [0.4, 0.5) is 4.79 Å². The summed E-state index contributed by atoms with van der Waals surface area (Å²) in [5.41, 5.74) is 2.21. The van der Waals surface area contributed by atoms with E-state index in [9.17, 15) is 9.59 Å². The number of ether oxygens (including phenoxy) is 2. The van der Waals surface area contributed by atoms with Crippen molar-refractivity contribution in [2.75, 3.05) is 13.7 Å². The molecular formula is C10H18N2O4. The molecule has 6 nitrogen and oxygen atoms in total. The van der Waals surface area contributed by atoms with E-state index in [4.69, 9.17) is 4.74 Å². The number of nitrogens with zero attached hydrogens (tertiary/aromatic N) is 1. The number of hydrogen-bond acceptors (Lipinski definition) is 5. The van der Waals surface area contributed by atoms with Gasteiger partial charge in [0.2, 0.25) is 0 Å². The van der Waals surface area contributed by atoms with E-state index in [1.54, 1.807) is 20.8 Å². The Bertz CT molecular complexity index is 285. The second-order valence-corrected chi connectivity index (χ2v) is 4.63. The maximum Gasteiger partial charge on any atom is 0.424 e. The first kappa shape index (κ1) is 12.8. The summed E-state index contributed by atoms with van der Waals surface area (Å²) in [5.74, 6) is -0.369. The lowest BCUT2D eigenvalue weighted by Crippen LogP contribution is -2.45. The van der Waals surface area contributed by atoms with Gasteiger partial charge in [-0.2, -0.15) is 0 Å². The molecule has 1 fully saturated rings. The van der Waals surface area contributed by atoms with Crippen molar-refractivity contribution in [3.8, 4) is 0 Å². The van der Waals surface area contributed by atoms with E-state index in [1.165, 1.54) is 12.1 Å². The fraction of sp³-hybridized carbons (Fsp3) is 0.800. The molecule has 0 radical (unpaired) electrons. The average Bonchev–Trinajstić information content (AvgIpc) is 2.62. The van der Waals surface area contributed by atoms with Crippen LogP contribution >= 0.6 is 0 Å². The molecule has 16 heavy (non-hydrogen) atoms. The van der Waals surface area contributed by atoms with Crippen LogP contribution in [0.2, 0.25) is 0 Å². The van der Waals surface area contributed by atoms with Gasteiger partial charge in [-0.05, 0) is 27.2 Å². The predicted molar refractivity (Wildman–Crippen MR) is 56.5 cm³/mol. The van der Waals surface area contributed by atoms with Gasteiger partial charge in [-0.15, -0.1) is 0 Å². The fourth-order valence-corrected chi connectivity index (χ4v) is 1.35. The van der Waals surface area contributed by atoms with Gasteiger partial charge in [0, 0.05) is 6.54 Å². The summed E-state index contributed by atoms with van der Waals surface area (Å²) in [6, 6.07) is -0.461. The summed E-state index contributed by atoms with van der Waals surface area (Å²) in [7, 11) is 1.32. The van der Waals surface area contributed by atoms with E-state index >= 15 is 0 Å². The van der Waals surface area contributed by atoms with Crippen molar-refractivity contribution in [3.63, 3.8) is 0 Å². The Morgan fingerprint density at radius 3 is 2.50 bits per heavy atom. The van der Waals surface area contributed by atoms with Crippen molar-refractivity contribution in [3.05, 3.63) is 0 Å². The molecule has 1 atom stereocenters. The van der Waals surface area contributed by atoms with Gasteiger partial charge in [-0.3, -0.25) is 4.79 Å². The maximum atomic E-state index is 11.6. The third-order valence-corrected chi connectivity index (χ3v) is 2.05.